The van der Waals surface area contributed by atoms with Gasteiger partial charge in [0.2, 0.25) is 0 Å². The van der Waals surface area contributed by atoms with Gasteiger partial charge in [-0.3, -0.25) is 14.5 Å². The summed E-state index contributed by atoms with van der Waals surface area (Å²) in [5.41, 5.74) is 1.70. The Labute approximate surface area is 199 Å². The Morgan fingerprint density at radius 1 is 0.971 bits per heavy atom. The Hall–Kier alpha value is -4.11. The molecule has 0 saturated heterocycles. The number of carbonyl (C=O) groups is 2. The van der Waals surface area contributed by atoms with Crippen LogP contribution in [-0.2, 0) is 11.0 Å². The number of allylic oxidation sites excluding steroid dienone is 1. The van der Waals surface area contributed by atoms with E-state index in [0.29, 0.717) is 5.69 Å². The van der Waals surface area contributed by atoms with Crippen molar-refractivity contribution in [2.45, 2.75) is 26.9 Å². The molecule has 0 saturated carbocycles. The number of hydrogen-bond donors (Lipinski definition) is 2. The van der Waals surface area contributed by atoms with Crippen molar-refractivity contribution in [3.05, 3.63) is 94.2 Å². The van der Waals surface area contributed by atoms with Crippen LogP contribution in [0.3, 0.4) is 0 Å². The fourth-order valence-electron chi connectivity index (χ4n) is 4.14. The normalized spacial score (nSPS) is 14.7. The largest absolute Gasteiger partial charge is 0.508 e. The number of amides is 2. The van der Waals surface area contributed by atoms with E-state index in [1.165, 1.54) is 42.2 Å². The van der Waals surface area contributed by atoms with Crippen LogP contribution in [0, 0.1) is 13.8 Å². The van der Waals surface area contributed by atoms with Crippen LogP contribution >= 0.6 is 0 Å². The van der Waals surface area contributed by atoms with Gasteiger partial charge < -0.3 is 5.11 Å². The number of nitrogens with two attached hydrogens (primary N) is 1. The highest BCUT2D eigenvalue weighted by atomic mass is 19.4. The molecule has 0 atom stereocenters. The van der Waals surface area contributed by atoms with Gasteiger partial charge in [-0.05, 0) is 80.4 Å². The Bertz CT molecular complexity index is 1360. The standard InChI is InChI=1S/C26H22F3N3O3/c1-14-10-15(2)12-19(11-14)31-22-13-18(26(27,28)29)6-9-21(22)23(25(31)35)16(3)32(30)24(34)17-4-7-20(33)8-5-17/h4-13,33H,30H2,1-3H3. The molecule has 6 nitrogen and oxygen atoms in total. The van der Waals surface area contributed by atoms with E-state index in [4.69, 9.17) is 5.84 Å². The van der Waals surface area contributed by atoms with Crippen molar-refractivity contribution in [3.8, 4) is 5.75 Å². The molecular weight excluding hydrogens is 459 g/mol. The zero-order valence-electron chi connectivity index (χ0n) is 19.1. The first kappa shape index (κ1) is 24.0. The maximum Gasteiger partial charge on any atom is 0.416 e. The summed E-state index contributed by atoms with van der Waals surface area (Å²) in [6.07, 6.45) is -4.61. The van der Waals surface area contributed by atoms with Crippen molar-refractivity contribution in [1.29, 1.82) is 0 Å². The average Bonchev–Trinajstić information content (AvgIpc) is 3.07. The minimum absolute atomic E-state index is 0.0162. The Kier molecular flexibility index (Phi) is 5.90. The lowest BCUT2D eigenvalue weighted by molar-refractivity contribution is -0.137. The van der Waals surface area contributed by atoms with E-state index in [-0.39, 0.29) is 33.8 Å². The molecule has 3 N–H and O–H groups in total. The van der Waals surface area contributed by atoms with Crippen molar-refractivity contribution in [2.75, 3.05) is 4.90 Å². The molecule has 1 aliphatic heterocycles. The van der Waals surface area contributed by atoms with Crippen molar-refractivity contribution < 1.29 is 27.9 Å². The molecule has 0 aliphatic carbocycles. The molecule has 0 fully saturated rings. The molecule has 3 aromatic carbocycles. The molecule has 1 aliphatic rings. The summed E-state index contributed by atoms with van der Waals surface area (Å²) in [5, 5.41) is 10.2. The number of carbonyl (C=O) groups excluding carboxylic acids is 2. The lowest BCUT2D eigenvalue weighted by Gasteiger charge is -2.21. The molecule has 0 unspecified atom stereocenters. The monoisotopic (exact) mass is 481 g/mol. The minimum atomic E-state index is -4.61. The van der Waals surface area contributed by atoms with Crippen molar-refractivity contribution in [2.24, 2.45) is 5.84 Å². The van der Waals surface area contributed by atoms with E-state index in [2.05, 4.69) is 0 Å². The fraction of sp³-hybridized carbons (Fsp3) is 0.154. The molecule has 0 bridgehead atoms. The third-order valence-corrected chi connectivity index (χ3v) is 5.77. The van der Waals surface area contributed by atoms with Gasteiger partial charge in [-0.25, -0.2) is 10.9 Å². The van der Waals surface area contributed by atoms with Gasteiger partial charge in [-0.15, -0.1) is 0 Å². The van der Waals surface area contributed by atoms with E-state index in [0.717, 1.165) is 28.3 Å². The molecule has 3 aromatic rings. The molecule has 0 radical (unpaired) electrons. The van der Waals surface area contributed by atoms with Gasteiger partial charge in [0.1, 0.15) is 5.75 Å². The second-order valence-electron chi connectivity index (χ2n) is 8.40. The van der Waals surface area contributed by atoms with Crippen LogP contribution in [0.15, 0.2) is 66.4 Å². The molecular formula is C26H22F3N3O3. The predicted octanol–water partition coefficient (Wildman–Crippen LogP) is 5.45. The molecule has 180 valence electrons. The number of nitrogens with zero attached hydrogens (tertiary/aromatic N) is 2. The SMILES string of the molecule is CC(=C1C(=O)N(c2cc(C)cc(C)c2)c2cc(C(F)(F)F)ccc21)N(N)C(=O)c1ccc(O)cc1. The van der Waals surface area contributed by atoms with E-state index >= 15 is 0 Å². The number of hydrazine groups is 1. The number of benzene rings is 3. The predicted molar refractivity (Wildman–Crippen MR) is 126 cm³/mol. The maximum absolute atomic E-state index is 13.7. The molecule has 0 aromatic heterocycles. The zero-order valence-corrected chi connectivity index (χ0v) is 19.1. The van der Waals surface area contributed by atoms with Gasteiger partial charge in [0.05, 0.1) is 16.8 Å². The number of aryl methyl sites for hydroxylation is 2. The number of alkyl halides is 3. The highest BCUT2D eigenvalue weighted by Crippen LogP contribution is 2.46. The fourth-order valence-corrected chi connectivity index (χ4v) is 4.14. The van der Waals surface area contributed by atoms with Gasteiger partial charge in [0.15, 0.2) is 0 Å². The topological polar surface area (TPSA) is 86.9 Å². The number of aromatic hydroxyl groups is 1. The number of phenolic OH excluding ortho intramolecular Hbond substituents is 1. The van der Waals surface area contributed by atoms with Crippen LogP contribution in [0.25, 0.3) is 5.57 Å². The smallest absolute Gasteiger partial charge is 0.416 e. The van der Waals surface area contributed by atoms with Gasteiger partial charge >= 0.3 is 6.18 Å². The number of phenols is 1. The van der Waals surface area contributed by atoms with E-state index in [1.807, 2.05) is 19.9 Å². The van der Waals surface area contributed by atoms with Crippen LogP contribution in [0.1, 0.15) is 39.5 Å². The van der Waals surface area contributed by atoms with Crippen LogP contribution in [0.5, 0.6) is 5.75 Å². The van der Waals surface area contributed by atoms with Crippen molar-refractivity contribution >= 4 is 28.8 Å². The highest BCUT2D eigenvalue weighted by molar-refractivity contribution is 6.35. The van der Waals surface area contributed by atoms with Crippen molar-refractivity contribution in [1.82, 2.24) is 5.01 Å². The van der Waals surface area contributed by atoms with E-state index in [9.17, 15) is 27.9 Å². The number of anilines is 2. The summed E-state index contributed by atoms with van der Waals surface area (Å²) in [6, 6.07) is 13.7. The molecule has 9 heteroatoms. The molecule has 4 rings (SSSR count). The summed E-state index contributed by atoms with van der Waals surface area (Å²) in [4.78, 5) is 27.8. The molecule has 0 spiro atoms. The Morgan fingerprint density at radius 3 is 2.14 bits per heavy atom. The minimum Gasteiger partial charge on any atom is -0.508 e. The lowest BCUT2D eigenvalue weighted by atomic mass is 10.0. The quantitative estimate of drug-likeness (QED) is 0.225. The lowest BCUT2D eigenvalue weighted by Crippen LogP contribution is -2.37. The van der Waals surface area contributed by atoms with E-state index < -0.39 is 23.6 Å². The van der Waals surface area contributed by atoms with Gasteiger partial charge in [0.25, 0.3) is 11.8 Å². The van der Waals surface area contributed by atoms with Crippen molar-refractivity contribution in [3.63, 3.8) is 0 Å². The average molecular weight is 481 g/mol. The van der Waals surface area contributed by atoms with Crippen LogP contribution in [0.2, 0.25) is 0 Å². The molecule has 35 heavy (non-hydrogen) atoms. The maximum atomic E-state index is 13.7. The van der Waals surface area contributed by atoms with Crippen LogP contribution in [0.4, 0.5) is 24.5 Å². The number of rotatable bonds is 3. The molecule has 2 amide bonds. The number of fused-ring (bicyclic) bond motifs is 1. The van der Waals surface area contributed by atoms with Gasteiger partial charge in [0, 0.05) is 22.5 Å². The summed E-state index contributed by atoms with van der Waals surface area (Å²) in [5.74, 6) is 4.78. The van der Waals surface area contributed by atoms with Crippen LogP contribution < -0.4 is 10.7 Å². The highest BCUT2D eigenvalue weighted by Gasteiger charge is 2.39. The third kappa shape index (κ3) is 4.38. The number of hydrogen-bond acceptors (Lipinski definition) is 4. The Morgan fingerprint density at radius 2 is 1.57 bits per heavy atom. The zero-order chi connectivity index (χ0) is 25.7. The first-order valence-electron chi connectivity index (χ1n) is 10.6. The van der Waals surface area contributed by atoms with Crippen LogP contribution in [-0.4, -0.2) is 21.9 Å². The second-order valence-corrected chi connectivity index (χ2v) is 8.40. The summed E-state index contributed by atoms with van der Waals surface area (Å²) in [6.45, 7) is 5.10. The first-order chi connectivity index (χ1) is 16.4. The summed E-state index contributed by atoms with van der Waals surface area (Å²) < 4.78 is 40.5. The second kappa shape index (κ2) is 8.59. The number of halogens is 3. The third-order valence-electron chi connectivity index (χ3n) is 5.77. The Balaban J connectivity index is 1.88. The van der Waals surface area contributed by atoms with Gasteiger partial charge in [-0.2, -0.15) is 13.2 Å². The van der Waals surface area contributed by atoms with E-state index in [1.54, 1.807) is 12.1 Å². The summed E-state index contributed by atoms with van der Waals surface area (Å²) in [7, 11) is 0. The summed E-state index contributed by atoms with van der Waals surface area (Å²) >= 11 is 0. The first-order valence-corrected chi connectivity index (χ1v) is 10.6. The molecule has 1 heterocycles. The van der Waals surface area contributed by atoms with Gasteiger partial charge in [-0.1, -0.05) is 12.1 Å².